The van der Waals surface area contributed by atoms with E-state index in [1.165, 1.54) is 25.3 Å². The van der Waals surface area contributed by atoms with E-state index in [1.54, 1.807) is 37.4 Å². The number of carbonyl (C=O) groups excluding carboxylic acids is 3. The Morgan fingerprint density at radius 2 is 2.10 bits per heavy atom. The largest absolute Gasteiger partial charge is 0.495 e. The van der Waals surface area contributed by atoms with Crippen LogP contribution in [0.25, 0.3) is 0 Å². The zero-order chi connectivity index (χ0) is 21.9. The molecule has 1 atom stereocenters. The number of amides is 4. The van der Waals surface area contributed by atoms with Gasteiger partial charge in [0.25, 0.3) is 11.8 Å². The molecule has 1 saturated heterocycles. The number of ether oxygens (including phenoxy) is 1. The van der Waals surface area contributed by atoms with Crippen LogP contribution >= 0.6 is 11.6 Å². The minimum Gasteiger partial charge on any atom is -0.495 e. The molecule has 8 nitrogen and oxygen atoms in total. The molecule has 0 bridgehead atoms. The smallest absolute Gasteiger partial charge is 0.323 e. The molecule has 30 heavy (non-hydrogen) atoms. The van der Waals surface area contributed by atoms with Gasteiger partial charge in [-0.15, -0.1) is 0 Å². The van der Waals surface area contributed by atoms with Crippen LogP contribution in [0.5, 0.6) is 5.75 Å². The predicted octanol–water partition coefficient (Wildman–Crippen LogP) is 1.75. The number of likely N-dealkylation sites (N-methyl/N-ethyl adjacent to an activating group) is 1. The molecular weight excluding hydrogens is 408 g/mol. The van der Waals surface area contributed by atoms with Crippen LogP contribution in [0.2, 0.25) is 5.02 Å². The van der Waals surface area contributed by atoms with Crippen LogP contribution in [0.1, 0.15) is 21.5 Å². The van der Waals surface area contributed by atoms with Crippen LogP contribution in [0.3, 0.4) is 0 Å². The van der Waals surface area contributed by atoms with Crippen molar-refractivity contribution >= 4 is 29.4 Å². The number of aromatic nitrogens is 1. The van der Waals surface area contributed by atoms with Crippen molar-refractivity contribution in [2.24, 2.45) is 0 Å². The molecule has 2 aromatic rings. The van der Waals surface area contributed by atoms with Crippen LogP contribution in [0.4, 0.5) is 4.79 Å². The number of halogens is 1. The van der Waals surface area contributed by atoms with Gasteiger partial charge >= 0.3 is 6.03 Å². The van der Waals surface area contributed by atoms with Crippen LogP contribution in [0.15, 0.2) is 36.7 Å². The van der Waals surface area contributed by atoms with Crippen molar-refractivity contribution in [3.63, 3.8) is 0 Å². The molecule has 0 radical (unpaired) electrons. The summed E-state index contributed by atoms with van der Waals surface area (Å²) in [6, 6.07) is 6.12. The Hall–Kier alpha value is -3.57. The van der Waals surface area contributed by atoms with Crippen LogP contribution in [0, 0.1) is 18.8 Å². The van der Waals surface area contributed by atoms with Gasteiger partial charge in [0.05, 0.1) is 24.2 Å². The van der Waals surface area contributed by atoms with Gasteiger partial charge in [-0.2, -0.15) is 0 Å². The maximum Gasteiger partial charge on any atom is 0.323 e. The number of carbonyl (C=O) groups is 3. The Morgan fingerprint density at radius 1 is 1.33 bits per heavy atom. The van der Waals surface area contributed by atoms with E-state index in [0.29, 0.717) is 16.9 Å². The van der Waals surface area contributed by atoms with E-state index in [-0.39, 0.29) is 17.1 Å². The molecule has 1 fully saturated rings. The summed E-state index contributed by atoms with van der Waals surface area (Å²) in [5.41, 5.74) is -0.158. The summed E-state index contributed by atoms with van der Waals surface area (Å²) in [6.07, 6.45) is 3.13. The Morgan fingerprint density at radius 3 is 2.70 bits per heavy atom. The molecule has 154 valence electrons. The highest BCUT2D eigenvalue weighted by molar-refractivity contribution is 6.35. The van der Waals surface area contributed by atoms with Gasteiger partial charge in [-0.3, -0.25) is 19.9 Å². The van der Waals surface area contributed by atoms with Gasteiger partial charge in [-0.1, -0.05) is 29.5 Å². The van der Waals surface area contributed by atoms with Crippen molar-refractivity contribution in [3.05, 3.63) is 58.4 Å². The number of aryl methyl sites for hydroxylation is 1. The zero-order valence-corrected chi connectivity index (χ0v) is 17.3. The number of pyridine rings is 1. The van der Waals surface area contributed by atoms with E-state index in [0.717, 1.165) is 0 Å². The van der Waals surface area contributed by atoms with Crippen molar-refractivity contribution < 1.29 is 19.1 Å². The second-order valence-electron chi connectivity index (χ2n) is 6.74. The monoisotopic (exact) mass is 426 g/mol. The van der Waals surface area contributed by atoms with E-state index in [9.17, 15) is 14.4 Å². The van der Waals surface area contributed by atoms with Gasteiger partial charge in [0.15, 0.2) is 0 Å². The molecule has 1 aliphatic rings. The summed E-state index contributed by atoms with van der Waals surface area (Å²) >= 11 is 6.34. The Balaban J connectivity index is 1.94. The minimum atomic E-state index is -1.61. The summed E-state index contributed by atoms with van der Waals surface area (Å²) in [4.78, 5) is 42.8. The molecule has 2 N–H and O–H groups in total. The normalized spacial score (nSPS) is 17.5. The van der Waals surface area contributed by atoms with Gasteiger partial charge in [-0.25, -0.2) is 4.79 Å². The molecule has 1 aliphatic heterocycles. The fraction of sp³-hybridized carbons (Fsp3) is 0.238. The van der Waals surface area contributed by atoms with Crippen LogP contribution in [-0.4, -0.2) is 54.0 Å². The van der Waals surface area contributed by atoms with Crippen molar-refractivity contribution in [2.75, 3.05) is 20.7 Å². The number of methoxy groups -OCH3 is 1. The number of hydrogen-bond donors (Lipinski definition) is 2. The summed E-state index contributed by atoms with van der Waals surface area (Å²) in [5, 5.41) is 4.88. The molecular formula is C21H19ClN4O4. The fourth-order valence-corrected chi connectivity index (χ4v) is 3.41. The summed E-state index contributed by atoms with van der Waals surface area (Å²) in [6.45, 7) is 1.55. The third kappa shape index (κ3) is 4.07. The van der Waals surface area contributed by atoms with Crippen molar-refractivity contribution in [1.82, 2.24) is 20.5 Å². The molecule has 0 saturated carbocycles. The maximum atomic E-state index is 13.1. The first-order valence-electron chi connectivity index (χ1n) is 8.93. The van der Waals surface area contributed by atoms with Crippen molar-refractivity contribution in [3.8, 4) is 17.6 Å². The lowest BCUT2D eigenvalue weighted by Crippen LogP contribution is -2.54. The predicted molar refractivity (Wildman–Crippen MR) is 110 cm³/mol. The lowest BCUT2D eigenvalue weighted by molar-refractivity contribution is -0.122. The van der Waals surface area contributed by atoms with Gasteiger partial charge < -0.3 is 15.0 Å². The third-order valence-corrected chi connectivity index (χ3v) is 4.97. The average Bonchev–Trinajstić information content (AvgIpc) is 3.00. The van der Waals surface area contributed by atoms with E-state index in [1.807, 2.05) is 0 Å². The summed E-state index contributed by atoms with van der Waals surface area (Å²) in [7, 11) is 2.96. The first kappa shape index (κ1) is 21.1. The summed E-state index contributed by atoms with van der Waals surface area (Å²) in [5.74, 6) is 4.91. The SMILES string of the molecule is COc1ccc(C)c(C(=O)N(C)CC2(C#Cc3cccnc3)NC(=O)NC2=O)c1Cl. The number of nitrogens with zero attached hydrogens (tertiary/aromatic N) is 2. The summed E-state index contributed by atoms with van der Waals surface area (Å²) < 4.78 is 5.19. The number of benzene rings is 1. The van der Waals surface area contributed by atoms with Crippen molar-refractivity contribution in [2.45, 2.75) is 12.5 Å². The molecule has 2 heterocycles. The molecule has 1 unspecified atom stereocenters. The third-order valence-electron chi connectivity index (χ3n) is 4.59. The first-order valence-corrected chi connectivity index (χ1v) is 9.30. The van der Waals surface area contributed by atoms with Gasteiger partial charge in [0.1, 0.15) is 5.75 Å². The maximum absolute atomic E-state index is 13.1. The number of rotatable bonds is 4. The molecule has 0 spiro atoms. The van der Waals surface area contributed by atoms with E-state index in [2.05, 4.69) is 27.5 Å². The van der Waals surface area contributed by atoms with Crippen LogP contribution < -0.4 is 15.4 Å². The number of imide groups is 1. The van der Waals surface area contributed by atoms with E-state index < -0.39 is 23.4 Å². The number of nitrogens with one attached hydrogen (secondary N) is 2. The highest BCUT2D eigenvalue weighted by atomic mass is 35.5. The number of urea groups is 1. The number of hydrogen-bond acceptors (Lipinski definition) is 5. The standard InChI is InChI=1S/C21H19ClN4O4/c1-13-6-7-15(30-3)17(22)16(13)18(27)26(2)12-21(19(28)24-20(29)25-21)9-8-14-5-4-10-23-11-14/h4-7,10-11H,12H2,1-3H3,(H2,24,25,28,29). The highest BCUT2D eigenvalue weighted by Gasteiger charge is 2.47. The molecule has 0 aliphatic carbocycles. The fourth-order valence-electron chi connectivity index (χ4n) is 3.04. The lowest BCUT2D eigenvalue weighted by Gasteiger charge is -2.27. The lowest BCUT2D eigenvalue weighted by atomic mass is 9.98. The topological polar surface area (TPSA) is 101 Å². The first-order chi connectivity index (χ1) is 14.3. The zero-order valence-electron chi connectivity index (χ0n) is 16.6. The average molecular weight is 427 g/mol. The molecule has 3 rings (SSSR count). The second-order valence-corrected chi connectivity index (χ2v) is 7.12. The van der Waals surface area contributed by atoms with E-state index >= 15 is 0 Å². The minimum absolute atomic E-state index is 0.171. The molecule has 1 aromatic heterocycles. The highest BCUT2D eigenvalue weighted by Crippen LogP contribution is 2.31. The Bertz CT molecular complexity index is 1080. The molecule has 4 amide bonds. The van der Waals surface area contributed by atoms with Gasteiger partial charge in [0, 0.05) is 25.0 Å². The Kier molecular flexibility index (Phi) is 5.94. The molecule has 1 aromatic carbocycles. The van der Waals surface area contributed by atoms with Gasteiger partial charge in [-0.05, 0) is 30.7 Å². The quantitative estimate of drug-likeness (QED) is 0.573. The van der Waals surface area contributed by atoms with E-state index in [4.69, 9.17) is 16.3 Å². The van der Waals surface area contributed by atoms with Gasteiger partial charge in [0.2, 0.25) is 5.54 Å². The van der Waals surface area contributed by atoms with Crippen molar-refractivity contribution in [1.29, 1.82) is 0 Å². The second kappa shape index (κ2) is 8.43. The van der Waals surface area contributed by atoms with Crippen LogP contribution in [-0.2, 0) is 4.79 Å². The Labute approximate surface area is 178 Å². The molecule has 9 heteroatoms.